The van der Waals surface area contributed by atoms with Crippen molar-refractivity contribution in [3.63, 3.8) is 0 Å². The minimum atomic E-state index is -0.00579. The maximum absolute atomic E-state index is 8.79. The highest BCUT2D eigenvalue weighted by molar-refractivity contribution is 4.71. The van der Waals surface area contributed by atoms with Crippen LogP contribution in [0.4, 0.5) is 0 Å². The van der Waals surface area contributed by atoms with Crippen molar-refractivity contribution in [3.8, 4) is 0 Å². The molecule has 0 aliphatic carbocycles. The van der Waals surface area contributed by atoms with Crippen LogP contribution in [0, 0.1) is 5.41 Å². The Morgan fingerprint density at radius 3 is 2.11 bits per heavy atom. The molecule has 0 saturated carbocycles. The minimum absolute atomic E-state index is 0.00579. The van der Waals surface area contributed by atoms with Crippen molar-refractivity contribution >= 4 is 0 Å². The maximum atomic E-state index is 8.79. The van der Waals surface area contributed by atoms with E-state index >= 15 is 0 Å². The first-order chi connectivity index (χ1) is 3.98. The Balaban J connectivity index is 3.58. The molecule has 0 amide bonds. The Labute approximate surface area is 57.1 Å². The zero-order valence-corrected chi connectivity index (χ0v) is 6.52. The Hall–Kier alpha value is -0.0800. The molecule has 0 fully saturated rings. The molecular weight excluding hydrogens is 114 g/mol. The molecule has 0 aromatic heterocycles. The molecule has 0 aromatic carbocycles. The second kappa shape index (κ2) is 3.18. The molecule has 0 radical (unpaired) electrons. The van der Waals surface area contributed by atoms with E-state index in [1.165, 1.54) is 0 Å². The van der Waals surface area contributed by atoms with Crippen LogP contribution in [0.3, 0.4) is 0 Å². The highest BCUT2D eigenvalue weighted by Gasteiger charge is 2.17. The third-order valence-corrected chi connectivity index (χ3v) is 1.30. The zero-order valence-electron chi connectivity index (χ0n) is 6.52. The van der Waals surface area contributed by atoms with Gasteiger partial charge < -0.3 is 10.8 Å². The molecule has 3 N–H and O–H groups in total. The number of aliphatic hydroxyl groups excluding tert-OH is 1. The number of nitrogens with two attached hydrogens (primary N) is 1. The fourth-order valence-electron chi connectivity index (χ4n) is 0.936. The van der Waals surface area contributed by atoms with E-state index in [2.05, 4.69) is 0 Å². The van der Waals surface area contributed by atoms with Crippen LogP contribution in [0.25, 0.3) is 0 Å². The third kappa shape index (κ3) is 4.43. The SMILES string of the molecule is C[C@H](N)CC(C)(C)CO. The van der Waals surface area contributed by atoms with Crippen LogP contribution in [0.1, 0.15) is 27.2 Å². The molecule has 0 spiro atoms. The Kier molecular flexibility index (Phi) is 3.15. The van der Waals surface area contributed by atoms with Crippen molar-refractivity contribution in [1.82, 2.24) is 0 Å². The molecule has 0 aliphatic heterocycles. The predicted octanol–water partition coefficient (Wildman–Crippen LogP) is 0.742. The first-order valence-electron chi connectivity index (χ1n) is 3.34. The summed E-state index contributed by atoms with van der Waals surface area (Å²) in [6.07, 6.45) is 0.878. The van der Waals surface area contributed by atoms with E-state index in [9.17, 15) is 0 Å². The summed E-state index contributed by atoms with van der Waals surface area (Å²) in [5.41, 5.74) is 5.54. The average Bonchev–Trinajstić information content (AvgIpc) is 1.63. The topological polar surface area (TPSA) is 46.2 Å². The van der Waals surface area contributed by atoms with E-state index in [4.69, 9.17) is 10.8 Å². The summed E-state index contributed by atoms with van der Waals surface area (Å²) in [7, 11) is 0. The van der Waals surface area contributed by atoms with Crippen molar-refractivity contribution in [2.24, 2.45) is 11.1 Å². The molecule has 1 atom stereocenters. The molecule has 0 rings (SSSR count). The minimum Gasteiger partial charge on any atom is -0.396 e. The van der Waals surface area contributed by atoms with E-state index in [-0.39, 0.29) is 18.1 Å². The summed E-state index contributed by atoms with van der Waals surface area (Å²) in [6, 6.07) is 0.187. The summed E-state index contributed by atoms with van der Waals surface area (Å²) < 4.78 is 0. The van der Waals surface area contributed by atoms with Gasteiger partial charge in [-0.25, -0.2) is 0 Å². The molecule has 56 valence electrons. The summed E-state index contributed by atoms with van der Waals surface area (Å²) in [5.74, 6) is 0. The Morgan fingerprint density at radius 1 is 1.56 bits per heavy atom. The molecule has 2 heteroatoms. The third-order valence-electron chi connectivity index (χ3n) is 1.30. The highest BCUT2D eigenvalue weighted by atomic mass is 16.3. The van der Waals surface area contributed by atoms with Crippen LogP contribution in [-0.2, 0) is 0 Å². The van der Waals surface area contributed by atoms with Crippen LogP contribution in [0.5, 0.6) is 0 Å². The lowest BCUT2D eigenvalue weighted by Gasteiger charge is -2.23. The molecule has 0 bridgehead atoms. The van der Waals surface area contributed by atoms with Crippen molar-refractivity contribution in [2.75, 3.05) is 6.61 Å². The van der Waals surface area contributed by atoms with Gasteiger partial charge in [0.2, 0.25) is 0 Å². The standard InChI is InChI=1S/C7H17NO/c1-6(8)4-7(2,3)5-9/h6,9H,4-5,8H2,1-3H3/t6-/m0/s1. The van der Waals surface area contributed by atoms with Gasteiger partial charge in [0.1, 0.15) is 0 Å². The fourth-order valence-corrected chi connectivity index (χ4v) is 0.936. The van der Waals surface area contributed by atoms with E-state index in [0.717, 1.165) is 6.42 Å². The van der Waals surface area contributed by atoms with Gasteiger partial charge in [-0.2, -0.15) is 0 Å². The highest BCUT2D eigenvalue weighted by Crippen LogP contribution is 2.19. The van der Waals surface area contributed by atoms with Gasteiger partial charge in [0, 0.05) is 12.6 Å². The van der Waals surface area contributed by atoms with E-state index < -0.39 is 0 Å². The van der Waals surface area contributed by atoms with Crippen LogP contribution < -0.4 is 5.73 Å². The second-order valence-corrected chi connectivity index (χ2v) is 3.50. The second-order valence-electron chi connectivity index (χ2n) is 3.50. The van der Waals surface area contributed by atoms with Crippen LogP contribution in [-0.4, -0.2) is 17.8 Å². The Bertz CT molecular complexity index is 79.0. The molecule has 0 saturated heterocycles. The van der Waals surface area contributed by atoms with Gasteiger partial charge in [0.25, 0.3) is 0 Å². The fraction of sp³-hybridized carbons (Fsp3) is 1.00. The van der Waals surface area contributed by atoms with Crippen molar-refractivity contribution in [1.29, 1.82) is 0 Å². The van der Waals surface area contributed by atoms with Gasteiger partial charge in [-0.15, -0.1) is 0 Å². The molecular formula is C7H17NO. The van der Waals surface area contributed by atoms with Crippen LogP contribution >= 0.6 is 0 Å². The van der Waals surface area contributed by atoms with Crippen molar-refractivity contribution in [2.45, 2.75) is 33.2 Å². The lowest BCUT2D eigenvalue weighted by atomic mass is 9.87. The number of rotatable bonds is 3. The molecule has 0 unspecified atom stereocenters. The maximum Gasteiger partial charge on any atom is 0.0482 e. The van der Waals surface area contributed by atoms with Gasteiger partial charge in [-0.3, -0.25) is 0 Å². The largest absolute Gasteiger partial charge is 0.396 e. The molecule has 2 nitrogen and oxygen atoms in total. The quantitative estimate of drug-likeness (QED) is 0.593. The summed E-state index contributed by atoms with van der Waals surface area (Å²) >= 11 is 0. The lowest BCUT2D eigenvalue weighted by Crippen LogP contribution is -2.27. The smallest absolute Gasteiger partial charge is 0.0482 e. The van der Waals surface area contributed by atoms with Gasteiger partial charge >= 0.3 is 0 Å². The predicted molar refractivity (Wildman–Crippen MR) is 39.1 cm³/mol. The molecule has 0 aliphatic rings. The van der Waals surface area contributed by atoms with Crippen LogP contribution in [0.15, 0.2) is 0 Å². The van der Waals surface area contributed by atoms with Crippen LogP contribution in [0.2, 0.25) is 0 Å². The molecule has 0 aromatic rings. The summed E-state index contributed by atoms with van der Waals surface area (Å²) in [6.45, 7) is 6.19. The first kappa shape index (κ1) is 8.92. The van der Waals surface area contributed by atoms with E-state index in [1.807, 2.05) is 20.8 Å². The van der Waals surface area contributed by atoms with Gasteiger partial charge in [-0.1, -0.05) is 13.8 Å². The van der Waals surface area contributed by atoms with Gasteiger partial charge in [0.05, 0.1) is 0 Å². The lowest BCUT2D eigenvalue weighted by molar-refractivity contribution is 0.144. The molecule has 0 heterocycles. The molecule has 9 heavy (non-hydrogen) atoms. The summed E-state index contributed by atoms with van der Waals surface area (Å²) in [4.78, 5) is 0. The number of hydrogen-bond acceptors (Lipinski definition) is 2. The van der Waals surface area contributed by atoms with Gasteiger partial charge in [0.15, 0.2) is 0 Å². The Morgan fingerprint density at radius 2 is 2.00 bits per heavy atom. The number of hydrogen-bond donors (Lipinski definition) is 2. The zero-order chi connectivity index (χ0) is 7.49. The summed E-state index contributed by atoms with van der Waals surface area (Å²) in [5, 5.41) is 8.79. The van der Waals surface area contributed by atoms with E-state index in [1.54, 1.807) is 0 Å². The van der Waals surface area contributed by atoms with Crippen molar-refractivity contribution < 1.29 is 5.11 Å². The average molecular weight is 131 g/mol. The monoisotopic (exact) mass is 131 g/mol. The normalized spacial score (nSPS) is 15.7. The number of aliphatic hydroxyl groups is 1. The van der Waals surface area contributed by atoms with Gasteiger partial charge in [-0.05, 0) is 18.8 Å². The first-order valence-corrected chi connectivity index (χ1v) is 3.34. The van der Waals surface area contributed by atoms with Crippen molar-refractivity contribution in [3.05, 3.63) is 0 Å². The van der Waals surface area contributed by atoms with E-state index in [0.29, 0.717) is 0 Å².